The van der Waals surface area contributed by atoms with E-state index in [0.717, 1.165) is 43.8 Å². The molecular formula is C38H54N4O2S2. The number of hydrogen-bond donors (Lipinski definition) is 2. The van der Waals surface area contributed by atoms with E-state index in [0.29, 0.717) is 24.6 Å². The number of aromatic hydroxyl groups is 2. The Kier molecular flexibility index (Phi) is 12.2. The van der Waals surface area contributed by atoms with Crippen LogP contribution < -0.4 is 0 Å². The van der Waals surface area contributed by atoms with E-state index in [1.807, 2.05) is 24.3 Å². The molecule has 0 bridgehead atoms. The lowest BCUT2D eigenvalue weighted by molar-refractivity contribution is 0.443. The third kappa shape index (κ3) is 10.6. The van der Waals surface area contributed by atoms with Crippen LogP contribution in [0.4, 0.5) is 0 Å². The lowest BCUT2D eigenvalue weighted by Gasteiger charge is -2.27. The summed E-state index contributed by atoms with van der Waals surface area (Å²) in [5, 5.41) is 32.4. The Morgan fingerprint density at radius 3 is 1.20 bits per heavy atom. The maximum atomic E-state index is 11.0. The Morgan fingerprint density at radius 1 is 0.565 bits per heavy atom. The van der Waals surface area contributed by atoms with Crippen LogP contribution in [0.1, 0.15) is 116 Å². The largest absolute Gasteiger partial charge is 0.507 e. The third-order valence-electron chi connectivity index (χ3n) is 7.64. The minimum Gasteiger partial charge on any atom is -0.507 e. The minimum absolute atomic E-state index is 0.0262. The molecule has 0 atom stereocenters. The summed E-state index contributed by atoms with van der Waals surface area (Å²) in [5.74, 6) is 2.14. The van der Waals surface area contributed by atoms with E-state index in [1.54, 1.807) is 36.0 Å². The quantitative estimate of drug-likeness (QED) is 0.128. The number of aromatic nitrogens is 2. The Bertz CT molecular complexity index is 1420. The summed E-state index contributed by atoms with van der Waals surface area (Å²) in [6.07, 6.45) is 3.58. The molecule has 250 valence electrons. The van der Waals surface area contributed by atoms with Crippen molar-refractivity contribution in [2.45, 2.75) is 115 Å². The third-order valence-corrected chi connectivity index (χ3v) is 9.44. The summed E-state index contributed by atoms with van der Waals surface area (Å²) in [6, 6.07) is 12.3. The van der Waals surface area contributed by atoms with Gasteiger partial charge in [0.15, 0.2) is 0 Å². The molecule has 1 heterocycles. The molecule has 0 fully saturated rings. The summed E-state index contributed by atoms with van der Waals surface area (Å²) in [6.45, 7) is 27.0. The molecule has 46 heavy (non-hydrogen) atoms. The Balaban J connectivity index is 1.53. The number of thioether (sulfide) groups is 2. The van der Waals surface area contributed by atoms with Gasteiger partial charge in [-0.15, -0.1) is 33.7 Å². The van der Waals surface area contributed by atoms with E-state index >= 15 is 0 Å². The smallest absolute Gasteiger partial charge is 0.128 e. The molecule has 2 aromatic carbocycles. The Morgan fingerprint density at radius 2 is 0.913 bits per heavy atom. The fourth-order valence-electron chi connectivity index (χ4n) is 4.71. The van der Waals surface area contributed by atoms with Crippen LogP contribution in [0.5, 0.6) is 11.5 Å². The first-order valence-corrected chi connectivity index (χ1v) is 18.0. The van der Waals surface area contributed by atoms with Gasteiger partial charge < -0.3 is 10.2 Å². The molecular weight excluding hydrogens is 609 g/mol. The molecule has 0 amide bonds. The van der Waals surface area contributed by atoms with Crippen molar-refractivity contribution in [3.05, 3.63) is 69.8 Å². The monoisotopic (exact) mass is 662 g/mol. The van der Waals surface area contributed by atoms with E-state index in [1.165, 1.54) is 11.1 Å². The van der Waals surface area contributed by atoms with E-state index < -0.39 is 0 Å². The first-order valence-electron chi connectivity index (χ1n) is 16.0. The molecule has 0 saturated carbocycles. The number of hydrogen-bond acceptors (Lipinski definition) is 8. The molecule has 0 saturated heterocycles. The first-order chi connectivity index (χ1) is 21.2. The van der Waals surface area contributed by atoms with Gasteiger partial charge >= 0.3 is 0 Å². The molecule has 0 aliphatic heterocycles. The van der Waals surface area contributed by atoms with Gasteiger partial charge in [-0.05, 0) is 57.1 Å². The molecule has 0 radical (unpaired) electrons. The SMILES string of the molecule is CC(C)(C)c1cc(C=NCCSc2ccc(SCCN=Cc3cc(C(C)(C)C)cc(C(C)(C)C)c3O)nn2)c(O)c(C(C)(C)C)c1. The maximum absolute atomic E-state index is 11.0. The molecule has 0 aliphatic rings. The minimum atomic E-state index is -0.167. The molecule has 6 nitrogen and oxygen atoms in total. The zero-order valence-corrected chi connectivity index (χ0v) is 31.6. The van der Waals surface area contributed by atoms with E-state index in [9.17, 15) is 10.2 Å². The number of nitrogens with zero attached hydrogens (tertiary/aromatic N) is 4. The second-order valence-electron chi connectivity index (χ2n) is 15.9. The number of phenols is 2. The van der Waals surface area contributed by atoms with Gasteiger partial charge in [0, 0.05) is 59.3 Å². The average molecular weight is 663 g/mol. The molecule has 0 unspecified atom stereocenters. The number of phenolic OH excluding ortho intramolecular Hbond substituents is 2. The first kappa shape index (κ1) is 37.6. The van der Waals surface area contributed by atoms with Crippen LogP contribution in [0.25, 0.3) is 0 Å². The van der Waals surface area contributed by atoms with Gasteiger partial charge in [0.1, 0.15) is 21.6 Å². The van der Waals surface area contributed by atoms with Crippen molar-refractivity contribution in [1.82, 2.24) is 10.2 Å². The van der Waals surface area contributed by atoms with Crippen LogP contribution in [0.3, 0.4) is 0 Å². The second-order valence-corrected chi connectivity index (χ2v) is 18.1. The van der Waals surface area contributed by atoms with Crippen LogP contribution >= 0.6 is 23.5 Å². The zero-order valence-electron chi connectivity index (χ0n) is 29.9. The predicted octanol–water partition coefficient (Wildman–Crippen LogP) is 9.50. The molecule has 2 N–H and O–H groups in total. The van der Waals surface area contributed by atoms with Crippen LogP contribution in [0.2, 0.25) is 0 Å². The van der Waals surface area contributed by atoms with Crippen LogP contribution in [0, 0.1) is 0 Å². The highest BCUT2D eigenvalue weighted by molar-refractivity contribution is 7.99. The highest BCUT2D eigenvalue weighted by Gasteiger charge is 2.25. The average Bonchev–Trinajstić information content (AvgIpc) is 2.92. The standard InChI is InChI=1S/C38H54N4O2S2/c1-35(2,3)27-19-25(33(43)29(21-27)37(7,8)9)23-39-15-17-45-31-13-14-32(42-41-31)46-18-16-40-24-26-20-28(36(4,5)6)22-30(34(26)44)38(10,11)12/h13-14,19-24,43-44H,15-18H2,1-12H3. The molecule has 3 rings (SSSR count). The number of benzene rings is 2. The van der Waals surface area contributed by atoms with Gasteiger partial charge in [0.2, 0.25) is 0 Å². The summed E-state index contributed by atoms with van der Waals surface area (Å²) >= 11 is 3.23. The second kappa shape index (κ2) is 14.9. The summed E-state index contributed by atoms with van der Waals surface area (Å²) < 4.78 is 0. The van der Waals surface area contributed by atoms with Gasteiger partial charge in [0.25, 0.3) is 0 Å². The van der Waals surface area contributed by atoms with Crippen molar-refractivity contribution in [1.29, 1.82) is 0 Å². The van der Waals surface area contributed by atoms with Crippen LogP contribution in [-0.2, 0) is 21.7 Å². The molecule has 1 aromatic heterocycles. The van der Waals surface area contributed by atoms with Crippen molar-refractivity contribution < 1.29 is 10.2 Å². The molecule has 0 spiro atoms. The van der Waals surface area contributed by atoms with Crippen molar-refractivity contribution in [2.24, 2.45) is 9.98 Å². The van der Waals surface area contributed by atoms with E-state index in [2.05, 4.69) is 115 Å². The van der Waals surface area contributed by atoms with Crippen LogP contribution in [0.15, 0.2) is 56.4 Å². The molecule has 3 aromatic rings. The number of aliphatic imine (C=N–C) groups is 2. The van der Waals surface area contributed by atoms with Gasteiger partial charge in [-0.2, -0.15) is 0 Å². The van der Waals surface area contributed by atoms with Gasteiger partial charge in [-0.3, -0.25) is 9.98 Å². The van der Waals surface area contributed by atoms with Crippen molar-refractivity contribution in [3.63, 3.8) is 0 Å². The Hall–Kier alpha value is -2.84. The molecule has 0 aliphatic carbocycles. The lowest BCUT2D eigenvalue weighted by atomic mass is 9.79. The van der Waals surface area contributed by atoms with Crippen LogP contribution in [-0.4, -0.2) is 57.4 Å². The fourth-order valence-corrected chi connectivity index (χ4v) is 6.05. The van der Waals surface area contributed by atoms with E-state index in [-0.39, 0.29) is 21.7 Å². The highest BCUT2D eigenvalue weighted by Crippen LogP contribution is 2.38. The summed E-state index contributed by atoms with van der Waals surface area (Å²) in [7, 11) is 0. The lowest BCUT2D eigenvalue weighted by Crippen LogP contribution is -2.17. The normalized spacial score (nSPS) is 13.3. The summed E-state index contributed by atoms with van der Waals surface area (Å²) in [4.78, 5) is 9.23. The van der Waals surface area contributed by atoms with Gasteiger partial charge in [-0.25, -0.2) is 0 Å². The van der Waals surface area contributed by atoms with Gasteiger partial charge in [0.05, 0.1) is 0 Å². The summed E-state index contributed by atoms with van der Waals surface area (Å²) in [5.41, 5.74) is 5.39. The van der Waals surface area contributed by atoms with Crippen molar-refractivity contribution >= 4 is 36.0 Å². The Labute approximate surface area is 286 Å². The van der Waals surface area contributed by atoms with Crippen molar-refractivity contribution in [3.8, 4) is 11.5 Å². The zero-order chi connectivity index (χ0) is 34.5. The van der Waals surface area contributed by atoms with E-state index in [4.69, 9.17) is 0 Å². The highest BCUT2D eigenvalue weighted by atomic mass is 32.2. The van der Waals surface area contributed by atoms with Crippen molar-refractivity contribution in [2.75, 3.05) is 24.6 Å². The van der Waals surface area contributed by atoms with Gasteiger partial charge in [-0.1, -0.05) is 95.2 Å². The number of rotatable bonds is 10. The topological polar surface area (TPSA) is 91.0 Å². The predicted molar refractivity (Wildman–Crippen MR) is 199 cm³/mol. The fraction of sp³-hybridized carbons (Fsp3) is 0.526. The maximum Gasteiger partial charge on any atom is 0.128 e. The molecule has 8 heteroatoms.